The zero-order valence-corrected chi connectivity index (χ0v) is 19.2. The van der Waals surface area contributed by atoms with E-state index in [1.54, 1.807) is 58.8 Å². The van der Waals surface area contributed by atoms with Crippen molar-refractivity contribution in [2.75, 3.05) is 35.8 Å². The Morgan fingerprint density at radius 1 is 0.909 bits per heavy atom. The predicted octanol–water partition coefficient (Wildman–Crippen LogP) is 3.45. The van der Waals surface area contributed by atoms with Crippen molar-refractivity contribution < 1.29 is 13.2 Å². The lowest BCUT2D eigenvalue weighted by molar-refractivity contribution is 0.0746. The Labute approximate surface area is 195 Å². The second-order valence-electron chi connectivity index (χ2n) is 7.60. The Balaban J connectivity index is 1.23. The minimum atomic E-state index is -3.72. The van der Waals surface area contributed by atoms with Crippen LogP contribution in [0.4, 0.5) is 10.8 Å². The molecule has 0 radical (unpaired) electrons. The number of rotatable bonds is 5. The minimum absolute atomic E-state index is 0.108. The number of thiazole rings is 1. The van der Waals surface area contributed by atoms with Crippen molar-refractivity contribution in [2.24, 2.45) is 0 Å². The van der Waals surface area contributed by atoms with Crippen molar-refractivity contribution in [1.82, 2.24) is 14.9 Å². The van der Waals surface area contributed by atoms with Crippen LogP contribution in [0.3, 0.4) is 0 Å². The first kappa shape index (κ1) is 21.4. The quantitative estimate of drug-likeness (QED) is 0.471. The summed E-state index contributed by atoms with van der Waals surface area (Å²) >= 11 is 1.55. The number of carbonyl (C=O) groups excluding carboxylic acids is 1. The average molecular weight is 480 g/mol. The summed E-state index contributed by atoms with van der Waals surface area (Å²) in [5.41, 5.74) is 1.83. The maximum absolute atomic E-state index is 13.0. The molecule has 0 spiro atoms. The van der Waals surface area contributed by atoms with Crippen LogP contribution in [-0.4, -0.2) is 55.4 Å². The van der Waals surface area contributed by atoms with Gasteiger partial charge in [-0.05, 0) is 48.5 Å². The van der Waals surface area contributed by atoms with Gasteiger partial charge in [-0.3, -0.25) is 9.52 Å². The van der Waals surface area contributed by atoms with Crippen molar-refractivity contribution in [1.29, 1.82) is 0 Å². The Kier molecular flexibility index (Phi) is 5.69. The van der Waals surface area contributed by atoms with Gasteiger partial charge in [-0.15, -0.1) is 0 Å². The van der Waals surface area contributed by atoms with Gasteiger partial charge in [0.05, 0.1) is 4.90 Å². The van der Waals surface area contributed by atoms with Crippen LogP contribution in [0.25, 0.3) is 10.3 Å². The van der Waals surface area contributed by atoms with Gasteiger partial charge in [-0.1, -0.05) is 29.5 Å². The molecule has 3 heterocycles. The lowest BCUT2D eigenvalue weighted by Crippen LogP contribution is -2.48. The third kappa shape index (κ3) is 4.53. The molecule has 1 amide bonds. The van der Waals surface area contributed by atoms with Crippen LogP contribution in [0.2, 0.25) is 0 Å². The molecule has 0 saturated carbocycles. The van der Waals surface area contributed by atoms with Gasteiger partial charge in [-0.2, -0.15) is 0 Å². The number of hydrogen-bond donors (Lipinski definition) is 1. The molecule has 2 aromatic carbocycles. The molecule has 0 unspecified atom stereocenters. The number of pyridine rings is 1. The first-order valence-electron chi connectivity index (χ1n) is 10.4. The number of nitrogens with zero attached hydrogens (tertiary/aromatic N) is 4. The third-order valence-electron chi connectivity index (χ3n) is 5.43. The second-order valence-corrected chi connectivity index (χ2v) is 10.2. The van der Waals surface area contributed by atoms with Gasteiger partial charge < -0.3 is 9.80 Å². The van der Waals surface area contributed by atoms with Gasteiger partial charge in [0.2, 0.25) is 0 Å². The molecule has 0 atom stereocenters. The molecule has 2 aromatic heterocycles. The van der Waals surface area contributed by atoms with Crippen molar-refractivity contribution in [2.45, 2.75) is 4.90 Å². The lowest BCUT2D eigenvalue weighted by atomic mass is 10.2. The van der Waals surface area contributed by atoms with E-state index in [0.29, 0.717) is 37.4 Å². The van der Waals surface area contributed by atoms with Crippen molar-refractivity contribution in [3.05, 3.63) is 78.5 Å². The number of carbonyl (C=O) groups is 1. The second kappa shape index (κ2) is 8.80. The number of anilines is 2. The Hall–Kier alpha value is -3.50. The van der Waals surface area contributed by atoms with E-state index in [-0.39, 0.29) is 10.8 Å². The molecule has 168 valence electrons. The number of piperazine rings is 1. The van der Waals surface area contributed by atoms with Crippen LogP contribution in [-0.2, 0) is 10.0 Å². The number of nitrogens with one attached hydrogen (secondary N) is 1. The zero-order valence-electron chi connectivity index (χ0n) is 17.6. The molecule has 4 aromatic rings. The van der Waals surface area contributed by atoms with Gasteiger partial charge in [0.25, 0.3) is 15.9 Å². The molecule has 1 saturated heterocycles. The third-order valence-corrected chi connectivity index (χ3v) is 7.87. The van der Waals surface area contributed by atoms with Gasteiger partial charge >= 0.3 is 0 Å². The van der Waals surface area contributed by atoms with Crippen LogP contribution in [0.1, 0.15) is 10.4 Å². The highest BCUT2D eigenvalue weighted by atomic mass is 32.2. The van der Waals surface area contributed by atoms with Crippen LogP contribution in [0.5, 0.6) is 0 Å². The molecule has 1 N–H and O–H groups in total. The molecule has 0 bridgehead atoms. The highest BCUT2D eigenvalue weighted by Gasteiger charge is 2.24. The van der Waals surface area contributed by atoms with E-state index in [2.05, 4.69) is 19.6 Å². The fourth-order valence-corrected chi connectivity index (χ4v) is 5.69. The first-order chi connectivity index (χ1) is 16.0. The van der Waals surface area contributed by atoms with E-state index in [1.165, 1.54) is 12.1 Å². The summed E-state index contributed by atoms with van der Waals surface area (Å²) in [6, 6.07) is 18.6. The van der Waals surface area contributed by atoms with Crippen LogP contribution in [0, 0.1) is 0 Å². The molecular formula is C23H21N5O3S2. The maximum atomic E-state index is 13.0. The van der Waals surface area contributed by atoms with E-state index in [9.17, 15) is 13.2 Å². The zero-order chi connectivity index (χ0) is 22.8. The van der Waals surface area contributed by atoms with E-state index >= 15 is 0 Å². The number of amides is 1. The number of aromatic nitrogens is 2. The first-order valence-corrected chi connectivity index (χ1v) is 12.7. The molecule has 10 heteroatoms. The Morgan fingerprint density at radius 3 is 2.33 bits per heavy atom. The SMILES string of the molecule is O=C(c1ccc(S(=O)(=O)Nc2ccccc2)cc1)N1CCN(c2nc3cccnc3s2)CC1. The van der Waals surface area contributed by atoms with Gasteiger partial charge in [0.1, 0.15) is 10.3 Å². The van der Waals surface area contributed by atoms with Gasteiger partial charge in [0.15, 0.2) is 5.13 Å². The summed E-state index contributed by atoms with van der Waals surface area (Å²) in [5.74, 6) is -0.111. The minimum Gasteiger partial charge on any atom is -0.344 e. The van der Waals surface area contributed by atoms with Crippen LogP contribution in [0.15, 0.2) is 77.8 Å². The molecule has 1 aliphatic rings. The largest absolute Gasteiger partial charge is 0.344 e. The van der Waals surface area contributed by atoms with E-state index in [0.717, 1.165) is 15.5 Å². The number of benzene rings is 2. The summed E-state index contributed by atoms with van der Waals surface area (Å²) in [7, 11) is -3.72. The van der Waals surface area contributed by atoms with Crippen molar-refractivity contribution in [3.63, 3.8) is 0 Å². The normalized spacial score (nSPS) is 14.4. The summed E-state index contributed by atoms with van der Waals surface area (Å²) in [5, 5.41) is 0.913. The maximum Gasteiger partial charge on any atom is 0.261 e. The van der Waals surface area contributed by atoms with Gasteiger partial charge in [0, 0.05) is 43.6 Å². The average Bonchev–Trinajstić information content (AvgIpc) is 3.29. The molecule has 8 nitrogen and oxygen atoms in total. The fourth-order valence-electron chi connectivity index (χ4n) is 3.67. The Morgan fingerprint density at radius 2 is 1.64 bits per heavy atom. The number of sulfonamides is 1. The molecule has 33 heavy (non-hydrogen) atoms. The number of hydrogen-bond acceptors (Lipinski definition) is 7. The smallest absolute Gasteiger partial charge is 0.261 e. The van der Waals surface area contributed by atoms with Crippen molar-refractivity contribution >= 4 is 48.4 Å². The lowest BCUT2D eigenvalue weighted by Gasteiger charge is -2.34. The monoisotopic (exact) mass is 479 g/mol. The van der Waals surface area contributed by atoms with E-state index < -0.39 is 10.0 Å². The predicted molar refractivity (Wildman–Crippen MR) is 129 cm³/mol. The number of para-hydroxylation sites is 1. The summed E-state index contributed by atoms with van der Waals surface area (Å²) in [6.07, 6.45) is 1.76. The summed E-state index contributed by atoms with van der Waals surface area (Å²) in [4.78, 5) is 26.9. The number of fused-ring (bicyclic) bond motifs is 1. The van der Waals surface area contributed by atoms with Crippen LogP contribution < -0.4 is 9.62 Å². The summed E-state index contributed by atoms with van der Waals surface area (Å²) in [6.45, 7) is 2.49. The van der Waals surface area contributed by atoms with E-state index in [4.69, 9.17) is 0 Å². The molecule has 5 rings (SSSR count). The fraction of sp³-hybridized carbons (Fsp3) is 0.174. The highest BCUT2D eigenvalue weighted by molar-refractivity contribution is 7.92. The standard InChI is InChI=1S/C23H21N5O3S2/c29-22(17-8-10-19(11-9-17)33(30,31)26-18-5-2-1-3-6-18)27-13-15-28(16-14-27)23-25-20-7-4-12-24-21(20)32-23/h1-12,26H,13-16H2. The molecule has 1 aliphatic heterocycles. The van der Waals surface area contributed by atoms with E-state index in [1.807, 2.05) is 18.2 Å². The molecule has 1 fully saturated rings. The topological polar surface area (TPSA) is 95.5 Å². The Bertz CT molecular complexity index is 1350. The summed E-state index contributed by atoms with van der Waals surface area (Å²) < 4.78 is 27.7. The molecular weight excluding hydrogens is 458 g/mol. The molecule has 0 aliphatic carbocycles. The van der Waals surface area contributed by atoms with Gasteiger partial charge in [-0.25, -0.2) is 18.4 Å². The van der Waals surface area contributed by atoms with Crippen molar-refractivity contribution in [3.8, 4) is 0 Å². The van der Waals surface area contributed by atoms with Crippen LogP contribution >= 0.6 is 11.3 Å². The highest BCUT2D eigenvalue weighted by Crippen LogP contribution is 2.28.